The number of benzene rings is 2. The van der Waals surface area contributed by atoms with Gasteiger partial charge in [-0.15, -0.1) is 11.3 Å². The van der Waals surface area contributed by atoms with E-state index in [-0.39, 0.29) is 23.3 Å². The Morgan fingerprint density at radius 3 is 2.23 bits per heavy atom. The van der Waals surface area contributed by atoms with Crippen molar-refractivity contribution in [2.45, 2.75) is 39.0 Å². The van der Waals surface area contributed by atoms with Gasteiger partial charge in [-0.25, -0.2) is 4.79 Å². The van der Waals surface area contributed by atoms with Crippen molar-refractivity contribution < 1.29 is 14.7 Å². The molecule has 0 atom stereocenters. The normalized spacial score (nSPS) is 11.3. The second-order valence-corrected chi connectivity index (χ2v) is 9.56. The number of anilines is 1. The number of rotatable bonds is 6. The standard InChI is InChI=1S/C24H24ClNO3S/c1-24(2,3)21-19(16-10-12-17(25)13-11-16)20(23(28)29)22(30-21)26-18(27)14-9-15-7-5-4-6-8-15/h4-8,10-13H,9,14H2,1-3H3,(H,26,27)(H,28,29). The van der Waals surface area contributed by atoms with E-state index in [9.17, 15) is 14.7 Å². The Kier molecular flexibility index (Phi) is 6.64. The van der Waals surface area contributed by atoms with E-state index in [1.807, 2.05) is 63.2 Å². The van der Waals surface area contributed by atoms with Crippen LogP contribution in [0.4, 0.5) is 5.00 Å². The first-order valence-corrected chi connectivity index (χ1v) is 10.9. The predicted octanol–water partition coefficient (Wildman–Crippen LogP) is 6.64. The summed E-state index contributed by atoms with van der Waals surface area (Å²) in [6.45, 7) is 6.10. The summed E-state index contributed by atoms with van der Waals surface area (Å²) in [5, 5.41) is 13.8. The van der Waals surface area contributed by atoms with E-state index in [0.717, 1.165) is 16.0 Å². The lowest BCUT2D eigenvalue weighted by atomic mass is 9.87. The topological polar surface area (TPSA) is 66.4 Å². The zero-order chi connectivity index (χ0) is 21.9. The maximum absolute atomic E-state index is 12.6. The molecule has 0 fully saturated rings. The molecule has 3 aromatic rings. The zero-order valence-corrected chi connectivity index (χ0v) is 18.7. The fourth-order valence-corrected chi connectivity index (χ4v) is 4.65. The summed E-state index contributed by atoms with van der Waals surface area (Å²) >= 11 is 7.34. The smallest absolute Gasteiger partial charge is 0.339 e. The molecule has 2 aromatic carbocycles. The quantitative estimate of drug-likeness (QED) is 0.450. The highest BCUT2D eigenvalue weighted by Gasteiger charge is 2.31. The van der Waals surface area contributed by atoms with E-state index >= 15 is 0 Å². The van der Waals surface area contributed by atoms with Crippen molar-refractivity contribution >= 4 is 39.8 Å². The van der Waals surface area contributed by atoms with Gasteiger partial charge in [0.2, 0.25) is 5.91 Å². The molecule has 156 valence electrons. The van der Waals surface area contributed by atoms with Crippen molar-refractivity contribution in [2.24, 2.45) is 0 Å². The van der Waals surface area contributed by atoms with Crippen LogP contribution >= 0.6 is 22.9 Å². The molecule has 6 heteroatoms. The molecule has 3 rings (SSSR count). The Morgan fingerprint density at radius 1 is 1.03 bits per heavy atom. The number of aryl methyl sites for hydroxylation is 1. The first kappa shape index (κ1) is 22.1. The maximum atomic E-state index is 12.6. The van der Waals surface area contributed by atoms with Gasteiger partial charge < -0.3 is 10.4 Å². The Morgan fingerprint density at radius 2 is 1.67 bits per heavy atom. The molecule has 0 radical (unpaired) electrons. The molecule has 4 nitrogen and oxygen atoms in total. The van der Waals surface area contributed by atoms with Gasteiger partial charge in [-0.3, -0.25) is 4.79 Å². The zero-order valence-electron chi connectivity index (χ0n) is 17.2. The van der Waals surface area contributed by atoms with Crippen LogP contribution in [-0.4, -0.2) is 17.0 Å². The van der Waals surface area contributed by atoms with Crippen LogP contribution in [0.3, 0.4) is 0 Å². The summed E-state index contributed by atoms with van der Waals surface area (Å²) in [4.78, 5) is 25.7. The molecule has 30 heavy (non-hydrogen) atoms. The summed E-state index contributed by atoms with van der Waals surface area (Å²) in [5.74, 6) is -1.27. The van der Waals surface area contributed by atoms with E-state index in [4.69, 9.17) is 11.6 Å². The molecule has 0 saturated heterocycles. The van der Waals surface area contributed by atoms with E-state index < -0.39 is 5.97 Å². The summed E-state index contributed by atoms with van der Waals surface area (Å²) < 4.78 is 0. The highest BCUT2D eigenvalue weighted by Crippen LogP contribution is 2.46. The van der Waals surface area contributed by atoms with Crippen LogP contribution in [0.15, 0.2) is 54.6 Å². The molecule has 0 spiro atoms. The molecule has 0 aliphatic rings. The SMILES string of the molecule is CC(C)(C)c1sc(NC(=O)CCc2ccccc2)c(C(=O)O)c1-c1ccc(Cl)cc1. The van der Waals surface area contributed by atoms with E-state index in [0.29, 0.717) is 22.0 Å². The molecule has 1 heterocycles. The number of hydrogen-bond donors (Lipinski definition) is 2. The van der Waals surface area contributed by atoms with Crippen molar-refractivity contribution in [1.82, 2.24) is 0 Å². The summed E-state index contributed by atoms with van der Waals surface area (Å²) in [6.07, 6.45) is 0.874. The number of carboxylic acids is 1. The van der Waals surface area contributed by atoms with Gasteiger partial charge in [0.25, 0.3) is 0 Å². The van der Waals surface area contributed by atoms with Crippen molar-refractivity contribution in [1.29, 1.82) is 0 Å². The van der Waals surface area contributed by atoms with Crippen molar-refractivity contribution in [3.05, 3.63) is 75.6 Å². The minimum absolute atomic E-state index is 0.125. The molecule has 0 aliphatic carbocycles. The molecule has 1 amide bonds. The number of amides is 1. The number of hydrogen-bond acceptors (Lipinski definition) is 3. The van der Waals surface area contributed by atoms with Gasteiger partial charge in [0.15, 0.2) is 0 Å². The number of halogens is 1. The minimum atomic E-state index is -1.06. The van der Waals surface area contributed by atoms with Gasteiger partial charge in [0, 0.05) is 21.9 Å². The van der Waals surface area contributed by atoms with Crippen LogP contribution in [0, 0.1) is 0 Å². The Labute approximate surface area is 185 Å². The Balaban J connectivity index is 1.97. The average molecular weight is 442 g/mol. The van der Waals surface area contributed by atoms with Crippen LogP contribution in [0.1, 0.15) is 48.0 Å². The van der Waals surface area contributed by atoms with Gasteiger partial charge in [-0.05, 0) is 35.1 Å². The monoisotopic (exact) mass is 441 g/mol. The summed E-state index contributed by atoms with van der Waals surface area (Å²) in [7, 11) is 0. The Hall–Kier alpha value is -2.63. The van der Waals surface area contributed by atoms with Crippen LogP contribution in [0.2, 0.25) is 5.02 Å². The lowest BCUT2D eigenvalue weighted by Gasteiger charge is -2.19. The highest BCUT2D eigenvalue weighted by atomic mass is 35.5. The third-order valence-electron chi connectivity index (χ3n) is 4.67. The summed E-state index contributed by atoms with van der Waals surface area (Å²) in [6, 6.07) is 16.8. The van der Waals surface area contributed by atoms with Gasteiger partial charge >= 0.3 is 5.97 Å². The van der Waals surface area contributed by atoms with Crippen molar-refractivity contribution in [3.63, 3.8) is 0 Å². The largest absolute Gasteiger partial charge is 0.478 e. The fourth-order valence-electron chi connectivity index (χ4n) is 3.24. The molecule has 1 aromatic heterocycles. The first-order valence-electron chi connectivity index (χ1n) is 9.67. The fraction of sp³-hybridized carbons (Fsp3) is 0.250. The van der Waals surface area contributed by atoms with Gasteiger partial charge in [0.05, 0.1) is 0 Å². The number of carboxylic acid groups (broad SMARTS) is 1. The minimum Gasteiger partial charge on any atom is -0.478 e. The molecular formula is C24H24ClNO3S. The number of carbonyl (C=O) groups excluding carboxylic acids is 1. The average Bonchev–Trinajstić information content (AvgIpc) is 3.07. The number of thiophene rings is 1. The van der Waals surface area contributed by atoms with Gasteiger partial charge in [0.1, 0.15) is 10.6 Å². The second-order valence-electron chi connectivity index (χ2n) is 8.11. The maximum Gasteiger partial charge on any atom is 0.339 e. The number of nitrogens with one attached hydrogen (secondary N) is 1. The van der Waals surface area contributed by atoms with Crippen LogP contribution in [-0.2, 0) is 16.6 Å². The van der Waals surface area contributed by atoms with Crippen LogP contribution in [0.25, 0.3) is 11.1 Å². The van der Waals surface area contributed by atoms with Crippen LogP contribution in [0.5, 0.6) is 0 Å². The van der Waals surface area contributed by atoms with Crippen LogP contribution < -0.4 is 5.32 Å². The van der Waals surface area contributed by atoms with E-state index in [1.54, 1.807) is 12.1 Å². The highest BCUT2D eigenvalue weighted by molar-refractivity contribution is 7.17. The van der Waals surface area contributed by atoms with E-state index in [1.165, 1.54) is 11.3 Å². The third-order valence-corrected chi connectivity index (χ3v) is 6.46. The molecule has 0 aliphatic heterocycles. The van der Waals surface area contributed by atoms with E-state index in [2.05, 4.69) is 5.32 Å². The Bertz CT molecular complexity index is 1050. The molecule has 0 bridgehead atoms. The van der Waals surface area contributed by atoms with Crippen molar-refractivity contribution in [2.75, 3.05) is 5.32 Å². The molecule has 2 N–H and O–H groups in total. The van der Waals surface area contributed by atoms with Gasteiger partial charge in [-0.1, -0.05) is 74.8 Å². The summed E-state index contributed by atoms with van der Waals surface area (Å²) in [5.41, 5.74) is 2.30. The predicted molar refractivity (Wildman–Crippen MR) is 124 cm³/mol. The van der Waals surface area contributed by atoms with Crippen molar-refractivity contribution in [3.8, 4) is 11.1 Å². The number of aromatic carboxylic acids is 1. The molecule has 0 unspecified atom stereocenters. The lowest BCUT2D eigenvalue weighted by Crippen LogP contribution is -2.14. The second kappa shape index (κ2) is 9.02. The van der Waals surface area contributed by atoms with Gasteiger partial charge in [-0.2, -0.15) is 0 Å². The molecular weight excluding hydrogens is 418 g/mol. The molecule has 0 saturated carbocycles. The first-order chi connectivity index (χ1) is 14.2. The lowest BCUT2D eigenvalue weighted by molar-refractivity contribution is -0.116. The number of carbonyl (C=O) groups is 2. The third kappa shape index (κ3) is 5.10.